The van der Waals surface area contributed by atoms with E-state index in [0.717, 1.165) is 23.3 Å². The number of aryl methyl sites for hydroxylation is 2. The molecule has 11 heteroatoms. The van der Waals surface area contributed by atoms with Gasteiger partial charge < -0.3 is 0 Å². The maximum Gasteiger partial charge on any atom is 0.270 e. The summed E-state index contributed by atoms with van der Waals surface area (Å²) in [6, 6.07) is 19.8. The molecule has 0 aromatic heterocycles. The second kappa shape index (κ2) is 12.4. The number of nitrogens with zero attached hydrogens (tertiary/aromatic N) is 9. The zero-order valence-electron chi connectivity index (χ0n) is 25.3. The van der Waals surface area contributed by atoms with Crippen LogP contribution in [0.3, 0.4) is 0 Å². The molecular weight excluding hydrogens is 620 g/mol. The van der Waals surface area contributed by atoms with Gasteiger partial charge in [0.2, 0.25) is 5.70 Å². The molecule has 9 nitrogen and oxygen atoms in total. The largest absolute Gasteiger partial charge is 0.270 e. The minimum atomic E-state index is -3.12. The third-order valence-corrected chi connectivity index (χ3v) is 8.04. The predicted molar refractivity (Wildman–Crippen MR) is 172 cm³/mol. The van der Waals surface area contributed by atoms with Crippen molar-refractivity contribution in [2.75, 3.05) is 0 Å². The van der Waals surface area contributed by atoms with Gasteiger partial charge in [-0.05, 0) is 65.0 Å². The van der Waals surface area contributed by atoms with Crippen LogP contribution in [0, 0.1) is 102 Å². The van der Waals surface area contributed by atoms with Gasteiger partial charge in [-0.1, -0.05) is 35.4 Å². The van der Waals surface area contributed by atoms with E-state index >= 15 is 0 Å². The first-order valence-corrected chi connectivity index (χ1v) is 13.9. The maximum atomic E-state index is 14.1. The Morgan fingerprint density at radius 1 is 0.653 bits per heavy atom. The minimum Gasteiger partial charge on any atom is -0.237 e. The van der Waals surface area contributed by atoms with Crippen LogP contribution in [-0.2, 0) is 0 Å². The molecule has 2 aliphatic rings. The Labute approximate surface area is 279 Å². The van der Waals surface area contributed by atoms with Crippen molar-refractivity contribution >= 4 is 33.6 Å². The first kappa shape index (κ1) is 32.3. The average Bonchev–Trinajstić information content (AvgIpc) is 3.61. The molecule has 0 spiro atoms. The molecule has 5 rings (SSSR count). The SMILES string of the molecule is [C-]#[N+]C1=C(c2cc(C)cc(C)c2)/C(=C(/C#N)[N+]#[C-])c2c(C#N)c3c(c(C#N)c21)/C(=C(/C#N)[N+]#[C-])C(c1ccc(C#N)c(C(F)F)c1)=C3C#N. The third-order valence-electron chi connectivity index (χ3n) is 8.04. The van der Waals surface area contributed by atoms with E-state index in [2.05, 4.69) is 14.5 Å². The number of fused-ring (bicyclic) bond motifs is 2. The predicted octanol–water partition coefficient (Wildman–Crippen LogP) is 8.41. The standard InChI is InChI=1S/C38H13F2N9/c1-18-8-19(2)10-22(9-18)30-36(28(17-46)48-4)33-25(14-43)31-24(13-42)29(20-6-7-21(12-41)23(11-20)38(39)40)35(27(16-45)47-3)32(31)26(15-44)34(33)37(30)49-5/h6-11,38H,1-2H3/b35-27-,36-28+. The van der Waals surface area contributed by atoms with Crippen molar-refractivity contribution in [1.29, 1.82) is 31.6 Å². The molecule has 49 heavy (non-hydrogen) atoms. The van der Waals surface area contributed by atoms with E-state index in [-0.39, 0.29) is 78.1 Å². The van der Waals surface area contributed by atoms with Gasteiger partial charge in [-0.3, -0.25) is 0 Å². The summed E-state index contributed by atoms with van der Waals surface area (Å²) in [7, 11) is 0. The fraction of sp³-hybridized carbons (Fsp3) is 0.0789. The van der Waals surface area contributed by atoms with Crippen LogP contribution in [-0.4, -0.2) is 0 Å². The van der Waals surface area contributed by atoms with Gasteiger partial charge >= 0.3 is 0 Å². The van der Waals surface area contributed by atoms with Crippen LogP contribution in [0.5, 0.6) is 0 Å². The van der Waals surface area contributed by atoms with Gasteiger partial charge in [-0.25, -0.2) is 33.8 Å². The molecule has 3 aromatic carbocycles. The van der Waals surface area contributed by atoms with Gasteiger partial charge in [-0.15, -0.1) is 0 Å². The van der Waals surface area contributed by atoms with Crippen LogP contribution >= 0.6 is 0 Å². The van der Waals surface area contributed by atoms with Crippen molar-refractivity contribution < 1.29 is 8.78 Å². The van der Waals surface area contributed by atoms with E-state index in [0.29, 0.717) is 5.56 Å². The molecule has 0 radical (unpaired) electrons. The highest BCUT2D eigenvalue weighted by molar-refractivity contribution is 6.31. The van der Waals surface area contributed by atoms with Gasteiger partial charge in [0.1, 0.15) is 12.1 Å². The second-order valence-corrected chi connectivity index (χ2v) is 10.7. The highest BCUT2D eigenvalue weighted by Crippen LogP contribution is 2.58. The molecular formula is C38H13F2N9. The Balaban J connectivity index is 2.11. The summed E-state index contributed by atoms with van der Waals surface area (Å²) < 4.78 is 28.2. The normalized spacial score (nSPS) is 14.4. The van der Waals surface area contributed by atoms with E-state index < -0.39 is 23.4 Å². The molecule has 0 atom stereocenters. The second-order valence-electron chi connectivity index (χ2n) is 10.7. The summed E-state index contributed by atoms with van der Waals surface area (Å²) in [6.07, 6.45) is -3.12. The Bertz CT molecular complexity index is 2590. The van der Waals surface area contributed by atoms with Crippen LogP contribution in [0.1, 0.15) is 73.2 Å². The quantitative estimate of drug-likeness (QED) is 0.208. The summed E-state index contributed by atoms with van der Waals surface area (Å²) in [6.45, 7) is 27.5. The zero-order chi connectivity index (χ0) is 35.7. The number of halogens is 2. The number of benzene rings is 3. The van der Waals surface area contributed by atoms with E-state index in [1.165, 1.54) is 6.07 Å². The monoisotopic (exact) mass is 633 g/mol. The van der Waals surface area contributed by atoms with Crippen molar-refractivity contribution in [1.82, 2.24) is 0 Å². The van der Waals surface area contributed by atoms with E-state index in [1.807, 2.05) is 30.3 Å². The van der Waals surface area contributed by atoms with Gasteiger partial charge in [0, 0.05) is 22.3 Å². The van der Waals surface area contributed by atoms with Crippen LogP contribution in [0.2, 0.25) is 0 Å². The molecule has 224 valence electrons. The van der Waals surface area contributed by atoms with Crippen molar-refractivity contribution in [3.63, 3.8) is 0 Å². The highest BCUT2D eigenvalue weighted by atomic mass is 19.3. The Morgan fingerprint density at radius 2 is 1.20 bits per heavy atom. The van der Waals surface area contributed by atoms with Crippen molar-refractivity contribution in [2.45, 2.75) is 20.3 Å². The number of nitriles is 6. The molecule has 0 saturated heterocycles. The van der Waals surface area contributed by atoms with Gasteiger partial charge in [0.15, 0.2) is 0 Å². The lowest BCUT2D eigenvalue weighted by molar-refractivity contribution is 0.151. The van der Waals surface area contributed by atoms with Crippen LogP contribution in [0.25, 0.3) is 48.1 Å². The lowest BCUT2D eigenvalue weighted by Crippen LogP contribution is -2.04. The van der Waals surface area contributed by atoms with Crippen molar-refractivity contribution in [3.05, 3.63) is 149 Å². The summed E-state index contributed by atoms with van der Waals surface area (Å²) in [5.41, 5.74) is -2.76. The van der Waals surface area contributed by atoms with Gasteiger partial charge in [0.05, 0.1) is 66.3 Å². The number of hydrogen-bond acceptors (Lipinski definition) is 6. The maximum absolute atomic E-state index is 14.1. The fourth-order valence-corrected chi connectivity index (χ4v) is 6.36. The smallest absolute Gasteiger partial charge is 0.237 e. The van der Waals surface area contributed by atoms with Gasteiger partial charge in [0.25, 0.3) is 17.8 Å². The average molecular weight is 634 g/mol. The highest BCUT2D eigenvalue weighted by Gasteiger charge is 2.43. The number of allylic oxidation sites excluding steroid dienone is 7. The van der Waals surface area contributed by atoms with E-state index in [9.17, 15) is 40.4 Å². The molecule has 0 bridgehead atoms. The molecule has 0 heterocycles. The molecule has 0 amide bonds. The molecule has 0 saturated carbocycles. The molecule has 3 aromatic rings. The topological polar surface area (TPSA) is 156 Å². The van der Waals surface area contributed by atoms with Crippen LogP contribution in [0.4, 0.5) is 8.78 Å². The van der Waals surface area contributed by atoms with E-state index in [1.54, 1.807) is 38.1 Å². The lowest BCUT2D eigenvalue weighted by Gasteiger charge is -2.17. The van der Waals surface area contributed by atoms with E-state index in [4.69, 9.17) is 19.7 Å². The number of hydrogen-bond donors (Lipinski definition) is 0. The van der Waals surface area contributed by atoms with Gasteiger partial charge in [-0.2, -0.15) is 21.0 Å². The van der Waals surface area contributed by atoms with Crippen LogP contribution < -0.4 is 0 Å². The lowest BCUT2D eigenvalue weighted by atomic mass is 9.83. The molecule has 0 aliphatic heterocycles. The fourth-order valence-electron chi connectivity index (χ4n) is 6.36. The van der Waals surface area contributed by atoms with Crippen molar-refractivity contribution in [3.8, 4) is 36.4 Å². The number of alkyl halides is 2. The Hall–Kier alpha value is -8.11. The summed E-state index contributed by atoms with van der Waals surface area (Å²) >= 11 is 0. The summed E-state index contributed by atoms with van der Waals surface area (Å²) in [5, 5.41) is 61.7. The first-order chi connectivity index (χ1) is 23.6. The first-order valence-electron chi connectivity index (χ1n) is 13.9. The molecule has 0 unspecified atom stereocenters. The summed E-state index contributed by atoms with van der Waals surface area (Å²) in [4.78, 5) is 10.4. The summed E-state index contributed by atoms with van der Waals surface area (Å²) in [5.74, 6) is 0. The zero-order valence-corrected chi connectivity index (χ0v) is 25.3. The Morgan fingerprint density at radius 3 is 1.67 bits per heavy atom. The van der Waals surface area contributed by atoms with Crippen LogP contribution in [0.15, 0.2) is 47.8 Å². The minimum absolute atomic E-state index is 0.104. The Kier molecular flexibility index (Phi) is 8.14. The molecule has 0 N–H and O–H groups in total. The van der Waals surface area contributed by atoms with Crippen molar-refractivity contribution in [2.24, 2.45) is 0 Å². The molecule has 0 fully saturated rings. The number of rotatable bonds is 3. The molecule has 2 aliphatic carbocycles. The third kappa shape index (κ3) is 4.66.